The maximum atomic E-state index is 13.7. The van der Waals surface area contributed by atoms with E-state index in [1.807, 2.05) is 24.3 Å². The van der Waals surface area contributed by atoms with Crippen molar-refractivity contribution in [1.29, 1.82) is 0 Å². The van der Waals surface area contributed by atoms with E-state index in [1.165, 1.54) is 22.3 Å². The highest BCUT2D eigenvalue weighted by molar-refractivity contribution is 5.98. The number of benzene rings is 3. The molecule has 0 saturated carbocycles. The van der Waals surface area contributed by atoms with Gasteiger partial charge in [-0.05, 0) is 95.7 Å². The van der Waals surface area contributed by atoms with Crippen LogP contribution in [0.3, 0.4) is 0 Å². The highest BCUT2D eigenvalue weighted by atomic mass is 16.5. The number of aryl methyl sites for hydroxylation is 2. The summed E-state index contributed by atoms with van der Waals surface area (Å²) in [5.41, 5.74) is 8.82. The molecule has 36 heavy (non-hydrogen) atoms. The third-order valence-corrected chi connectivity index (χ3v) is 7.19. The fourth-order valence-corrected chi connectivity index (χ4v) is 5.00. The molecule has 0 radical (unpaired) electrons. The average molecular weight is 487 g/mol. The number of phenolic OH excluding ortho intramolecular Hbond substituents is 1. The molecule has 0 fully saturated rings. The zero-order valence-corrected chi connectivity index (χ0v) is 23.7. The summed E-state index contributed by atoms with van der Waals surface area (Å²) in [5.74, 6) is 1.23. The summed E-state index contributed by atoms with van der Waals surface area (Å²) in [5, 5.41) is 11.1. The summed E-state index contributed by atoms with van der Waals surface area (Å²) in [6.45, 7) is 18.8. The Labute approximate surface area is 217 Å². The lowest BCUT2D eigenvalue weighted by Gasteiger charge is -2.28. The van der Waals surface area contributed by atoms with Gasteiger partial charge in [0.1, 0.15) is 11.5 Å². The number of ether oxygens (including phenoxy) is 1. The molecule has 0 aromatic heterocycles. The zero-order chi connectivity index (χ0) is 27.0. The Morgan fingerprint density at radius 3 is 1.92 bits per heavy atom. The quantitative estimate of drug-likeness (QED) is 0.360. The van der Waals surface area contributed by atoms with Gasteiger partial charge in [0.15, 0.2) is 5.78 Å². The number of hydrogen-bond donors (Lipinski definition) is 1. The van der Waals surface area contributed by atoms with Gasteiger partial charge in [0.2, 0.25) is 0 Å². The van der Waals surface area contributed by atoms with E-state index in [9.17, 15) is 9.90 Å². The zero-order valence-electron chi connectivity index (χ0n) is 23.7. The standard InChI is InChI=1S/C33H42O3/c1-20-14-21(2)27(22(3)26(20)16-23-12-11-13-25(15-23)36-10)19-30(34)24-17-28(32(4,5)6)31(35)29(18-24)33(7,8)9/h11-15,17-18,35H,16,19H2,1-10H3. The number of carbonyl (C=O) groups is 1. The molecule has 0 atom stereocenters. The van der Waals surface area contributed by atoms with Gasteiger partial charge >= 0.3 is 0 Å². The smallest absolute Gasteiger partial charge is 0.167 e. The van der Waals surface area contributed by atoms with Gasteiger partial charge in [0, 0.05) is 23.1 Å². The van der Waals surface area contributed by atoms with Crippen LogP contribution in [0.15, 0.2) is 42.5 Å². The fourth-order valence-electron chi connectivity index (χ4n) is 5.00. The van der Waals surface area contributed by atoms with Crippen LogP contribution in [0.25, 0.3) is 0 Å². The highest BCUT2D eigenvalue weighted by Gasteiger charge is 2.28. The Bertz CT molecular complexity index is 1250. The molecule has 1 N–H and O–H groups in total. The first kappa shape index (κ1) is 27.5. The summed E-state index contributed by atoms with van der Waals surface area (Å²) in [4.78, 5) is 13.7. The number of phenols is 1. The second kappa shape index (κ2) is 10.1. The molecule has 0 aliphatic rings. The molecule has 0 bridgehead atoms. The summed E-state index contributed by atoms with van der Waals surface area (Å²) in [6.07, 6.45) is 1.12. The minimum atomic E-state index is -0.278. The number of aromatic hydroxyl groups is 1. The lowest BCUT2D eigenvalue weighted by molar-refractivity contribution is 0.0992. The van der Waals surface area contributed by atoms with Crippen molar-refractivity contribution in [3.8, 4) is 11.5 Å². The topological polar surface area (TPSA) is 46.5 Å². The van der Waals surface area contributed by atoms with Crippen molar-refractivity contribution in [2.45, 2.75) is 86.0 Å². The molecule has 0 heterocycles. The first-order valence-corrected chi connectivity index (χ1v) is 12.8. The number of ketones is 1. The number of methoxy groups -OCH3 is 1. The third kappa shape index (κ3) is 5.83. The molecule has 0 unspecified atom stereocenters. The minimum absolute atomic E-state index is 0.0772. The van der Waals surface area contributed by atoms with Crippen molar-refractivity contribution < 1.29 is 14.6 Å². The molecule has 0 spiro atoms. The Morgan fingerprint density at radius 2 is 1.39 bits per heavy atom. The number of Topliss-reactive ketones (excluding diaryl/α,β-unsaturated/α-hetero) is 1. The van der Waals surface area contributed by atoms with E-state index < -0.39 is 0 Å². The molecule has 3 aromatic carbocycles. The van der Waals surface area contributed by atoms with E-state index in [-0.39, 0.29) is 16.6 Å². The van der Waals surface area contributed by atoms with E-state index in [1.54, 1.807) is 7.11 Å². The summed E-state index contributed by atoms with van der Waals surface area (Å²) in [7, 11) is 1.69. The van der Waals surface area contributed by atoms with Gasteiger partial charge in [-0.3, -0.25) is 4.79 Å². The van der Waals surface area contributed by atoms with Crippen LogP contribution >= 0.6 is 0 Å². The molecule has 192 valence electrons. The van der Waals surface area contributed by atoms with Gasteiger partial charge < -0.3 is 9.84 Å². The van der Waals surface area contributed by atoms with Gasteiger partial charge in [-0.25, -0.2) is 0 Å². The SMILES string of the molecule is COc1cccc(Cc2c(C)cc(C)c(CC(=O)c3cc(C(C)(C)C)c(O)c(C(C)(C)C)c3)c2C)c1. The normalized spacial score (nSPS) is 12.1. The van der Waals surface area contributed by atoms with E-state index in [4.69, 9.17) is 4.74 Å². The molecule has 0 saturated heterocycles. The Balaban J connectivity index is 2.05. The molecule has 3 rings (SSSR count). The highest BCUT2D eigenvalue weighted by Crippen LogP contribution is 2.40. The van der Waals surface area contributed by atoms with Gasteiger partial charge in [-0.15, -0.1) is 0 Å². The predicted molar refractivity (Wildman–Crippen MR) is 150 cm³/mol. The van der Waals surface area contributed by atoms with E-state index in [0.717, 1.165) is 34.4 Å². The lowest BCUT2D eigenvalue weighted by atomic mass is 9.77. The number of carbonyl (C=O) groups excluding carboxylic acids is 1. The van der Waals surface area contributed by atoms with Gasteiger partial charge in [0.05, 0.1) is 7.11 Å². The summed E-state index contributed by atoms with van der Waals surface area (Å²) < 4.78 is 5.41. The molecule has 0 aliphatic heterocycles. The van der Waals surface area contributed by atoms with Crippen molar-refractivity contribution in [3.63, 3.8) is 0 Å². The van der Waals surface area contributed by atoms with Gasteiger partial charge in [-0.2, -0.15) is 0 Å². The first-order chi connectivity index (χ1) is 16.6. The van der Waals surface area contributed by atoms with Crippen LogP contribution in [-0.4, -0.2) is 18.0 Å². The second-order valence-electron chi connectivity index (χ2n) is 12.1. The van der Waals surface area contributed by atoms with Crippen LogP contribution in [0.4, 0.5) is 0 Å². The first-order valence-electron chi connectivity index (χ1n) is 12.8. The van der Waals surface area contributed by atoms with Crippen LogP contribution < -0.4 is 4.74 Å². The third-order valence-electron chi connectivity index (χ3n) is 7.19. The van der Waals surface area contributed by atoms with E-state index in [2.05, 4.69) is 80.5 Å². The summed E-state index contributed by atoms with van der Waals surface area (Å²) >= 11 is 0. The van der Waals surface area contributed by atoms with Gasteiger partial charge in [0.25, 0.3) is 0 Å². The van der Waals surface area contributed by atoms with Crippen LogP contribution in [-0.2, 0) is 23.7 Å². The molecule has 0 aliphatic carbocycles. The molecule has 3 nitrogen and oxygen atoms in total. The average Bonchev–Trinajstić information content (AvgIpc) is 2.78. The predicted octanol–water partition coefficient (Wildman–Crippen LogP) is 7.94. The molecular formula is C33H42O3. The van der Waals surface area contributed by atoms with Crippen molar-refractivity contribution in [3.05, 3.63) is 92.5 Å². The van der Waals surface area contributed by atoms with Crippen LogP contribution in [0, 0.1) is 20.8 Å². The monoisotopic (exact) mass is 486 g/mol. The number of hydrogen-bond acceptors (Lipinski definition) is 3. The number of rotatable bonds is 6. The second-order valence-corrected chi connectivity index (χ2v) is 12.1. The van der Waals surface area contributed by atoms with Crippen LogP contribution in [0.2, 0.25) is 0 Å². The maximum Gasteiger partial charge on any atom is 0.167 e. The van der Waals surface area contributed by atoms with Crippen LogP contribution in [0.1, 0.15) is 96.4 Å². The molecular weight excluding hydrogens is 444 g/mol. The minimum Gasteiger partial charge on any atom is -0.507 e. The summed E-state index contributed by atoms with van der Waals surface area (Å²) in [6, 6.07) is 14.1. The maximum absolute atomic E-state index is 13.7. The largest absolute Gasteiger partial charge is 0.507 e. The lowest BCUT2D eigenvalue weighted by Crippen LogP contribution is -2.19. The molecule has 3 aromatic rings. The van der Waals surface area contributed by atoms with Crippen molar-refractivity contribution in [1.82, 2.24) is 0 Å². The molecule has 0 amide bonds. The molecule has 3 heteroatoms. The van der Waals surface area contributed by atoms with Crippen molar-refractivity contribution in [2.24, 2.45) is 0 Å². The Hall–Kier alpha value is -3.07. The van der Waals surface area contributed by atoms with Crippen LogP contribution in [0.5, 0.6) is 11.5 Å². The van der Waals surface area contributed by atoms with Crippen molar-refractivity contribution >= 4 is 5.78 Å². The van der Waals surface area contributed by atoms with Gasteiger partial charge in [-0.1, -0.05) is 59.7 Å². The van der Waals surface area contributed by atoms with E-state index in [0.29, 0.717) is 17.7 Å². The Kier molecular flexibility index (Phi) is 7.74. The van der Waals surface area contributed by atoms with E-state index >= 15 is 0 Å². The fraction of sp³-hybridized carbons (Fsp3) is 0.424. The van der Waals surface area contributed by atoms with Crippen molar-refractivity contribution in [2.75, 3.05) is 7.11 Å². The Morgan fingerprint density at radius 1 is 0.833 bits per heavy atom.